The first-order valence-corrected chi connectivity index (χ1v) is 24.4. The number of nitrogens with zero attached hydrogens (tertiary/aromatic N) is 1. The van der Waals surface area contributed by atoms with Crippen LogP contribution in [0.15, 0.2) is 0 Å². The van der Waals surface area contributed by atoms with Gasteiger partial charge >= 0.3 is 7.82 Å². The standard InChI is InChI=1S/C44H91N2O6P/c1-6-8-10-12-14-15-16-17-18-19-20-21-22-23-24-25-26-27-28-29-30-32-34-36-38-44(48)45-42(43(47)37-35-33-31-13-11-9-7-2)41-52-53(49,50)51-40-39-46(3,4)5/h42-43,47H,6-41H2,1-5H3,(H-,45,48,49,50)/p+1. The second-order valence-corrected chi connectivity index (χ2v) is 18.6. The number of phosphoric acid groups is 1. The second-order valence-electron chi connectivity index (χ2n) is 17.1. The number of nitrogens with one attached hydrogen (secondary N) is 1. The van der Waals surface area contributed by atoms with Crippen LogP contribution in [0.25, 0.3) is 0 Å². The van der Waals surface area contributed by atoms with E-state index in [9.17, 15) is 19.4 Å². The van der Waals surface area contributed by atoms with Crippen molar-refractivity contribution in [3.05, 3.63) is 0 Å². The van der Waals surface area contributed by atoms with E-state index in [0.29, 0.717) is 23.9 Å². The van der Waals surface area contributed by atoms with Crippen molar-refractivity contribution < 1.29 is 32.9 Å². The van der Waals surface area contributed by atoms with Crippen molar-refractivity contribution in [1.82, 2.24) is 5.32 Å². The average Bonchev–Trinajstić information content (AvgIpc) is 3.10. The van der Waals surface area contributed by atoms with E-state index in [1.807, 2.05) is 21.1 Å². The maximum Gasteiger partial charge on any atom is 0.472 e. The van der Waals surface area contributed by atoms with Crippen LogP contribution in [-0.2, 0) is 18.4 Å². The number of aliphatic hydroxyl groups excluding tert-OH is 1. The molecule has 0 rings (SSSR count). The topological polar surface area (TPSA) is 105 Å². The van der Waals surface area contributed by atoms with Crippen LogP contribution in [0.1, 0.15) is 226 Å². The molecule has 0 radical (unpaired) electrons. The van der Waals surface area contributed by atoms with Crippen LogP contribution in [0.4, 0.5) is 0 Å². The molecular weight excluding hydrogens is 683 g/mol. The zero-order valence-corrected chi connectivity index (χ0v) is 36.9. The van der Waals surface area contributed by atoms with Gasteiger partial charge in [0.25, 0.3) is 0 Å². The third kappa shape index (κ3) is 39.5. The molecule has 0 saturated carbocycles. The quantitative estimate of drug-likeness (QED) is 0.0324. The van der Waals surface area contributed by atoms with Crippen molar-refractivity contribution in [2.24, 2.45) is 0 Å². The lowest BCUT2D eigenvalue weighted by Crippen LogP contribution is -2.46. The Morgan fingerprint density at radius 2 is 0.906 bits per heavy atom. The summed E-state index contributed by atoms with van der Waals surface area (Å²) in [5.74, 6) is -0.144. The second kappa shape index (κ2) is 37.1. The Labute approximate surface area is 329 Å². The summed E-state index contributed by atoms with van der Waals surface area (Å²) >= 11 is 0. The first-order chi connectivity index (χ1) is 25.5. The molecule has 0 aromatic heterocycles. The highest BCUT2D eigenvalue weighted by Crippen LogP contribution is 2.43. The zero-order valence-electron chi connectivity index (χ0n) is 36.0. The third-order valence-electron chi connectivity index (χ3n) is 10.6. The molecule has 0 saturated heterocycles. The van der Waals surface area contributed by atoms with Crippen molar-refractivity contribution in [2.75, 3.05) is 40.9 Å². The van der Waals surface area contributed by atoms with Crippen molar-refractivity contribution in [1.29, 1.82) is 0 Å². The first-order valence-electron chi connectivity index (χ1n) is 22.9. The summed E-state index contributed by atoms with van der Waals surface area (Å²) in [5.41, 5.74) is 0. The molecule has 0 fully saturated rings. The Kier molecular flexibility index (Phi) is 36.7. The molecule has 9 heteroatoms. The Morgan fingerprint density at radius 1 is 0.566 bits per heavy atom. The number of carbonyl (C=O) groups is 1. The van der Waals surface area contributed by atoms with Crippen LogP contribution in [0.3, 0.4) is 0 Å². The van der Waals surface area contributed by atoms with Gasteiger partial charge in [0, 0.05) is 6.42 Å². The minimum absolute atomic E-state index is 0.0778. The molecular formula is C44H92N2O6P+. The molecule has 0 heterocycles. The van der Waals surface area contributed by atoms with Crippen molar-refractivity contribution >= 4 is 13.7 Å². The number of carbonyl (C=O) groups excluding carboxylic acids is 1. The van der Waals surface area contributed by atoms with E-state index in [4.69, 9.17) is 9.05 Å². The van der Waals surface area contributed by atoms with Crippen molar-refractivity contribution in [3.8, 4) is 0 Å². The Morgan fingerprint density at radius 3 is 1.26 bits per heavy atom. The van der Waals surface area contributed by atoms with E-state index in [0.717, 1.165) is 38.5 Å². The molecule has 0 aromatic rings. The molecule has 53 heavy (non-hydrogen) atoms. The Hall–Kier alpha value is -0.500. The Bertz CT molecular complexity index is 839. The van der Waals surface area contributed by atoms with Gasteiger partial charge in [0.05, 0.1) is 39.9 Å². The monoisotopic (exact) mass is 776 g/mol. The van der Waals surface area contributed by atoms with E-state index in [2.05, 4.69) is 19.2 Å². The number of rotatable bonds is 42. The maximum atomic E-state index is 12.8. The minimum atomic E-state index is -4.30. The fraction of sp³-hybridized carbons (Fsp3) is 0.977. The highest BCUT2D eigenvalue weighted by atomic mass is 31.2. The molecule has 0 aliphatic rings. The molecule has 1 amide bonds. The van der Waals surface area contributed by atoms with Gasteiger partial charge in [-0.1, -0.05) is 206 Å². The molecule has 3 atom stereocenters. The van der Waals surface area contributed by atoms with Crippen molar-refractivity contribution in [3.63, 3.8) is 0 Å². The summed E-state index contributed by atoms with van der Waals surface area (Å²) in [6, 6.07) is -0.751. The highest BCUT2D eigenvalue weighted by molar-refractivity contribution is 7.47. The van der Waals surface area contributed by atoms with Crippen LogP contribution in [0, 0.1) is 0 Å². The number of amides is 1. The fourth-order valence-corrected chi connectivity index (χ4v) is 7.67. The lowest BCUT2D eigenvalue weighted by atomic mass is 10.0. The number of aliphatic hydroxyl groups is 1. The van der Waals surface area contributed by atoms with Crippen molar-refractivity contribution in [2.45, 2.75) is 238 Å². The van der Waals surface area contributed by atoms with Gasteiger partial charge < -0.3 is 19.8 Å². The number of hydrogen-bond donors (Lipinski definition) is 3. The van der Waals surface area contributed by atoms with Crippen LogP contribution in [-0.4, -0.2) is 73.4 Å². The third-order valence-corrected chi connectivity index (χ3v) is 11.6. The number of phosphoric ester groups is 1. The van der Waals surface area contributed by atoms with Gasteiger partial charge in [0.2, 0.25) is 5.91 Å². The van der Waals surface area contributed by atoms with Gasteiger partial charge in [-0.25, -0.2) is 4.57 Å². The van der Waals surface area contributed by atoms with E-state index in [1.54, 1.807) is 0 Å². The van der Waals surface area contributed by atoms with Gasteiger partial charge in [-0.3, -0.25) is 13.8 Å². The summed E-state index contributed by atoms with van der Waals surface area (Å²) in [6.45, 7) is 4.86. The van der Waals surface area contributed by atoms with E-state index < -0.39 is 20.0 Å². The van der Waals surface area contributed by atoms with Gasteiger partial charge in [0.15, 0.2) is 0 Å². The SMILES string of the molecule is CCCCCCCCCCCCCCCCCCCCCCCCCCC(=O)NC(COP(=O)(O)OCC[N+](C)(C)C)C(O)CCCCCCCCC. The zero-order chi connectivity index (χ0) is 39.3. The molecule has 3 unspecified atom stereocenters. The molecule has 0 aliphatic carbocycles. The predicted octanol–water partition coefficient (Wildman–Crippen LogP) is 12.6. The molecule has 0 spiro atoms. The summed E-state index contributed by atoms with van der Waals surface area (Å²) < 4.78 is 23.5. The van der Waals surface area contributed by atoms with E-state index in [-0.39, 0.29) is 19.1 Å². The normalized spacial score (nSPS) is 14.3. The maximum absolute atomic E-state index is 12.8. The largest absolute Gasteiger partial charge is 0.472 e. The number of hydrogen-bond acceptors (Lipinski definition) is 5. The predicted molar refractivity (Wildman–Crippen MR) is 226 cm³/mol. The molecule has 0 aromatic carbocycles. The molecule has 3 N–H and O–H groups in total. The molecule has 8 nitrogen and oxygen atoms in total. The number of quaternary nitrogens is 1. The lowest BCUT2D eigenvalue weighted by Gasteiger charge is -2.26. The van der Waals surface area contributed by atoms with Gasteiger partial charge in [-0.2, -0.15) is 0 Å². The smallest absolute Gasteiger partial charge is 0.391 e. The van der Waals surface area contributed by atoms with E-state index >= 15 is 0 Å². The summed E-state index contributed by atoms with van der Waals surface area (Å²) in [7, 11) is 1.62. The Balaban J connectivity index is 4.01. The molecule has 318 valence electrons. The van der Waals surface area contributed by atoms with E-state index in [1.165, 1.54) is 161 Å². The van der Waals surface area contributed by atoms with Crippen LogP contribution < -0.4 is 5.32 Å². The number of unbranched alkanes of at least 4 members (excludes halogenated alkanes) is 29. The minimum Gasteiger partial charge on any atom is -0.391 e. The summed E-state index contributed by atoms with van der Waals surface area (Å²) in [5, 5.41) is 13.8. The lowest BCUT2D eigenvalue weighted by molar-refractivity contribution is -0.870. The molecule has 0 aliphatic heterocycles. The van der Waals surface area contributed by atoms with Crippen LogP contribution in [0.2, 0.25) is 0 Å². The molecule has 0 bridgehead atoms. The summed E-state index contributed by atoms with van der Waals surface area (Å²) in [6.07, 6.45) is 40.2. The highest BCUT2D eigenvalue weighted by Gasteiger charge is 2.28. The number of likely N-dealkylation sites (N-methyl/N-ethyl adjacent to an activating group) is 1. The first kappa shape index (κ1) is 52.5. The van der Waals surface area contributed by atoms with Gasteiger partial charge in [-0.05, 0) is 12.8 Å². The van der Waals surface area contributed by atoms with Crippen LogP contribution in [0.5, 0.6) is 0 Å². The van der Waals surface area contributed by atoms with Crippen LogP contribution >= 0.6 is 7.82 Å². The average molecular weight is 776 g/mol. The van der Waals surface area contributed by atoms with Gasteiger partial charge in [0.1, 0.15) is 13.2 Å². The van der Waals surface area contributed by atoms with Gasteiger partial charge in [-0.15, -0.1) is 0 Å². The fourth-order valence-electron chi connectivity index (χ4n) is 6.93. The summed E-state index contributed by atoms with van der Waals surface area (Å²) in [4.78, 5) is 23.0.